The van der Waals surface area contributed by atoms with E-state index in [2.05, 4.69) is 5.32 Å². The number of hydrogen-bond donors (Lipinski definition) is 1. The first-order valence-electron chi connectivity index (χ1n) is 7.17. The van der Waals surface area contributed by atoms with Gasteiger partial charge in [0.15, 0.2) is 0 Å². The average Bonchev–Trinajstić information content (AvgIpc) is 2.82. The SMILES string of the molecule is CNc1ccc2c(c1)C[C@@H](C(=O)OC)N2C(=O)OC(C)(C)C. The van der Waals surface area contributed by atoms with Crippen LogP contribution in [0.25, 0.3) is 0 Å². The maximum absolute atomic E-state index is 12.5. The predicted octanol–water partition coefficient (Wildman–Crippen LogP) is 2.57. The molecule has 0 radical (unpaired) electrons. The highest BCUT2D eigenvalue weighted by atomic mass is 16.6. The summed E-state index contributed by atoms with van der Waals surface area (Å²) in [4.78, 5) is 25.9. The molecule has 0 saturated heterocycles. The van der Waals surface area contributed by atoms with Crippen LogP contribution in [-0.4, -0.2) is 37.9 Å². The summed E-state index contributed by atoms with van der Waals surface area (Å²) in [7, 11) is 3.14. The van der Waals surface area contributed by atoms with Crippen molar-refractivity contribution >= 4 is 23.4 Å². The third-order valence-corrected chi connectivity index (χ3v) is 3.42. The Hall–Kier alpha value is -2.24. The van der Waals surface area contributed by atoms with Gasteiger partial charge in [-0.2, -0.15) is 0 Å². The van der Waals surface area contributed by atoms with Gasteiger partial charge in [-0.3, -0.25) is 4.90 Å². The number of methoxy groups -OCH3 is 1. The number of fused-ring (bicyclic) bond motifs is 1. The topological polar surface area (TPSA) is 67.9 Å². The number of rotatable bonds is 2. The lowest BCUT2D eigenvalue weighted by molar-refractivity contribution is -0.142. The van der Waals surface area contributed by atoms with Crippen molar-refractivity contribution in [1.82, 2.24) is 0 Å². The van der Waals surface area contributed by atoms with E-state index < -0.39 is 23.7 Å². The molecule has 1 aromatic rings. The van der Waals surface area contributed by atoms with Gasteiger partial charge in [-0.25, -0.2) is 9.59 Å². The summed E-state index contributed by atoms with van der Waals surface area (Å²) in [5, 5.41) is 3.05. The van der Waals surface area contributed by atoms with Gasteiger partial charge in [-0.05, 0) is 44.5 Å². The molecule has 0 aromatic heterocycles. The third kappa shape index (κ3) is 3.16. The molecule has 6 nitrogen and oxygen atoms in total. The second-order valence-corrected chi connectivity index (χ2v) is 6.19. The fraction of sp³-hybridized carbons (Fsp3) is 0.500. The van der Waals surface area contributed by atoms with Gasteiger partial charge in [0.25, 0.3) is 0 Å². The molecular formula is C16H22N2O4. The monoisotopic (exact) mass is 306 g/mol. The molecule has 1 aliphatic heterocycles. The summed E-state index contributed by atoms with van der Waals surface area (Å²) in [6.07, 6.45) is -0.129. The van der Waals surface area contributed by atoms with E-state index in [4.69, 9.17) is 9.47 Å². The van der Waals surface area contributed by atoms with E-state index in [9.17, 15) is 9.59 Å². The number of amides is 1. The Bertz CT molecular complexity index is 592. The van der Waals surface area contributed by atoms with Gasteiger partial charge in [0.05, 0.1) is 12.8 Å². The standard InChI is InChI=1S/C16H22N2O4/c1-16(2,3)22-15(20)18-12-7-6-11(17-4)8-10(12)9-13(18)14(19)21-5/h6-8,13,17H,9H2,1-5H3/t13-/m0/s1. The number of carbonyl (C=O) groups excluding carboxylic acids is 2. The van der Waals surface area contributed by atoms with E-state index in [1.165, 1.54) is 12.0 Å². The molecule has 0 bridgehead atoms. The Kier molecular flexibility index (Phi) is 4.30. The van der Waals surface area contributed by atoms with Crippen LogP contribution in [0.2, 0.25) is 0 Å². The zero-order chi connectivity index (χ0) is 16.5. The van der Waals surface area contributed by atoms with Crippen molar-refractivity contribution in [3.63, 3.8) is 0 Å². The largest absolute Gasteiger partial charge is 0.467 e. The number of esters is 1. The van der Waals surface area contributed by atoms with Gasteiger partial charge in [0.1, 0.15) is 11.6 Å². The summed E-state index contributed by atoms with van der Waals surface area (Å²) in [5.41, 5.74) is 1.89. The number of carbonyl (C=O) groups is 2. The van der Waals surface area contributed by atoms with Crippen molar-refractivity contribution in [2.45, 2.75) is 38.8 Å². The van der Waals surface area contributed by atoms with E-state index in [0.717, 1.165) is 11.3 Å². The molecule has 0 fully saturated rings. The van der Waals surface area contributed by atoms with E-state index >= 15 is 0 Å². The van der Waals surface area contributed by atoms with Crippen LogP contribution >= 0.6 is 0 Å². The molecule has 0 aliphatic carbocycles. The second-order valence-electron chi connectivity index (χ2n) is 6.19. The van der Waals surface area contributed by atoms with Crippen LogP contribution in [0.3, 0.4) is 0 Å². The maximum atomic E-state index is 12.5. The van der Waals surface area contributed by atoms with Crippen LogP contribution in [0.4, 0.5) is 16.2 Å². The molecule has 1 amide bonds. The molecule has 22 heavy (non-hydrogen) atoms. The molecule has 0 saturated carbocycles. The predicted molar refractivity (Wildman–Crippen MR) is 84.2 cm³/mol. The Morgan fingerprint density at radius 3 is 2.55 bits per heavy atom. The number of nitrogens with zero attached hydrogens (tertiary/aromatic N) is 1. The molecule has 0 unspecified atom stereocenters. The number of nitrogens with one attached hydrogen (secondary N) is 1. The van der Waals surface area contributed by atoms with Crippen molar-refractivity contribution in [3.05, 3.63) is 23.8 Å². The number of benzene rings is 1. The number of ether oxygens (including phenoxy) is 2. The summed E-state index contributed by atoms with van der Waals surface area (Å²) in [6.45, 7) is 5.37. The smallest absolute Gasteiger partial charge is 0.415 e. The fourth-order valence-corrected chi connectivity index (χ4v) is 2.47. The Morgan fingerprint density at radius 1 is 1.32 bits per heavy atom. The van der Waals surface area contributed by atoms with Gasteiger partial charge in [-0.1, -0.05) is 0 Å². The van der Waals surface area contributed by atoms with Gasteiger partial charge < -0.3 is 14.8 Å². The first kappa shape index (κ1) is 16.1. The van der Waals surface area contributed by atoms with Crippen LogP contribution in [-0.2, 0) is 20.7 Å². The van der Waals surface area contributed by atoms with Crippen LogP contribution in [0.5, 0.6) is 0 Å². The van der Waals surface area contributed by atoms with Crippen LogP contribution in [0.15, 0.2) is 18.2 Å². The Labute approximate surface area is 130 Å². The van der Waals surface area contributed by atoms with Crippen molar-refractivity contribution in [2.75, 3.05) is 24.4 Å². The average molecular weight is 306 g/mol. The van der Waals surface area contributed by atoms with Crippen molar-refractivity contribution in [1.29, 1.82) is 0 Å². The molecule has 1 atom stereocenters. The maximum Gasteiger partial charge on any atom is 0.415 e. The lowest BCUT2D eigenvalue weighted by Crippen LogP contribution is -2.45. The minimum atomic E-state index is -0.693. The van der Waals surface area contributed by atoms with E-state index in [-0.39, 0.29) is 0 Å². The quantitative estimate of drug-likeness (QED) is 0.851. The third-order valence-electron chi connectivity index (χ3n) is 3.42. The lowest BCUT2D eigenvalue weighted by atomic mass is 10.1. The van der Waals surface area contributed by atoms with Crippen molar-refractivity contribution < 1.29 is 19.1 Å². The summed E-state index contributed by atoms with van der Waals surface area (Å²) in [5.74, 6) is -0.451. The molecule has 6 heteroatoms. The molecular weight excluding hydrogens is 284 g/mol. The highest BCUT2D eigenvalue weighted by molar-refractivity contribution is 5.99. The lowest BCUT2D eigenvalue weighted by Gasteiger charge is -2.28. The normalized spacial score (nSPS) is 17.0. The molecule has 1 heterocycles. The minimum absolute atomic E-state index is 0.413. The summed E-state index contributed by atoms with van der Waals surface area (Å²) >= 11 is 0. The number of anilines is 2. The van der Waals surface area contributed by atoms with Crippen molar-refractivity contribution in [3.8, 4) is 0 Å². The van der Waals surface area contributed by atoms with E-state index in [1.54, 1.807) is 20.8 Å². The minimum Gasteiger partial charge on any atom is -0.467 e. The first-order valence-corrected chi connectivity index (χ1v) is 7.17. The van der Waals surface area contributed by atoms with Gasteiger partial charge >= 0.3 is 12.1 Å². The molecule has 1 aliphatic rings. The zero-order valence-electron chi connectivity index (χ0n) is 13.6. The summed E-state index contributed by atoms with van der Waals surface area (Å²) < 4.78 is 10.3. The van der Waals surface area contributed by atoms with Gasteiger partial charge in [0, 0.05) is 19.2 Å². The van der Waals surface area contributed by atoms with Gasteiger partial charge in [-0.15, -0.1) is 0 Å². The zero-order valence-corrected chi connectivity index (χ0v) is 13.6. The number of hydrogen-bond acceptors (Lipinski definition) is 5. The highest BCUT2D eigenvalue weighted by Gasteiger charge is 2.41. The molecule has 1 N–H and O–H groups in total. The van der Waals surface area contributed by atoms with Gasteiger partial charge in [0.2, 0.25) is 0 Å². The van der Waals surface area contributed by atoms with Crippen LogP contribution in [0.1, 0.15) is 26.3 Å². The highest BCUT2D eigenvalue weighted by Crippen LogP contribution is 2.35. The second kappa shape index (κ2) is 5.87. The van der Waals surface area contributed by atoms with E-state index in [0.29, 0.717) is 12.1 Å². The van der Waals surface area contributed by atoms with Crippen LogP contribution < -0.4 is 10.2 Å². The molecule has 0 spiro atoms. The fourth-order valence-electron chi connectivity index (χ4n) is 2.47. The van der Waals surface area contributed by atoms with E-state index in [1.807, 2.05) is 25.2 Å². The van der Waals surface area contributed by atoms with Crippen molar-refractivity contribution in [2.24, 2.45) is 0 Å². The molecule has 120 valence electrons. The Morgan fingerprint density at radius 2 is 2.00 bits per heavy atom. The summed E-state index contributed by atoms with van der Waals surface area (Å²) in [6, 6.07) is 4.90. The molecule has 1 aromatic carbocycles. The van der Waals surface area contributed by atoms with Crippen LogP contribution in [0, 0.1) is 0 Å². The Balaban J connectivity index is 2.39. The first-order chi connectivity index (χ1) is 10.3. The molecule has 2 rings (SSSR count).